The molecule has 0 aliphatic carbocycles. The van der Waals surface area contributed by atoms with Crippen molar-refractivity contribution >= 4 is 35.5 Å². The standard InChI is InChI=1S/C24H24ClN7OS/c1-4-31-23(18-10-12-19(25)13-11-18)28-29-24(31)34-15-22(33)27-26-14-21-16(2)30-32(17(21)3)20-8-6-5-7-9-20/h5-14H,4,15H2,1-3H3,(H,27,33). The first kappa shape index (κ1) is 23.7. The largest absolute Gasteiger partial charge is 0.302 e. The average Bonchev–Trinajstić information content (AvgIpc) is 3.39. The number of benzene rings is 2. The molecule has 0 unspecified atom stereocenters. The van der Waals surface area contributed by atoms with Gasteiger partial charge in [-0.1, -0.05) is 41.6 Å². The predicted octanol–water partition coefficient (Wildman–Crippen LogP) is 4.66. The molecule has 0 aliphatic heterocycles. The van der Waals surface area contributed by atoms with E-state index in [1.807, 2.05) is 84.6 Å². The molecule has 2 aromatic heterocycles. The number of aryl methyl sites for hydroxylation is 1. The highest BCUT2D eigenvalue weighted by Crippen LogP contribution is 2.25. The molecule has 4 rings (SSSR count). The van der Waals surface area contributed by atoms with E-state index in [1.54, 1.807) is 6.21 Å². The van der Waals surface area contributed by atoms with Crippen LogP contribution < -0.4 is 5.43 Å². The van der Waals surface area contributed by atoms with E-state index in [2.05, 4.69) is 25.8 Å². The molecule has 2 aromatic carbocycles. The minimum atomic E-state index is -0.231. The van der Waals surface area contributed by atoms with Crippen molar-refractivity contribution in [3.63, 3.8) is 0 Å². The number of hydrogen-bond donors (Lipinski definition) is 1. The lowest BCUT2D eigenvalue weighted by Crippen LogP contribution is -2.20. The summed E-state index contributed by atoms with van der Waals surface area (Å²) in [6, 6.07) is 17.3. The van der Waals surface area contributed by atoms with Crippen molar-refractivity contribution in [2.75, 3.05) is 5.75 Å². The van der Waals surface area contributed by atoms with Gasteiger partial charge in [0.25, 0.3) is 5.91 Å². The molecule has 0 aliphatic rings. The third kappa shape index (κ3) is 5.21. The van der Waals surface area contributed by atoms with Crippen molar-refractivity contribution in [1.29, 1.82) is 0 Å². The summed E-state index contributed by atoms with van der Waals surface area (Å²) in [4.78, 5) is 12.4. The fourth-order valence-electron chi connectivity index (χ4n) is 3.49. The summed E-state index contributed by atoms with van der Waals surface area (Å²) >= 11 is 7.30. The minimum absolute atomic E-state index is 0.164. The van der Waals surface area contributed by atoms with Crippen molar-refractivity contribution in [3.05, 3.63) is 76.6 Å². The minimum Gasteiger partial charge on any atom is -0.302 e. The summed E-state index contributed by atoms with van der Waals surface area (Å²) in [7, 11) is 0. The maximum absolute atomic E-state index is 12.4. The Morgan fingerprint density at radius 3 is 2.56 bits per heavy atom. The van der Waals surface area contributed by atoms with Gasteiger partial charge in [0.05, 0.1) is 29.0 Å². The molecule has 1 N–H and O–H groups in total. The van der Waals surface area contributed by atoms with Gasteiger partial charge in [0, 0.05) is 22.7 Å². The molecule has 10 heteroatoms. The van der Waals surface area contributed by atoms with Crippen LogP contribution in [0.2, 0.25) is 5.02 Å². The molecule has 0 saturated heterocycles. The van der Waals surface area contributed by atoms with E-state index < -0.39 is 0 Å². The molecule has 34 heavy (non-hydrogen) atoms. The summed E-state index contributed by atoms with van der Waals surface area (Å²) < 4.78 is 3.83. The summed E-state index contributed by atoms with van der Waals surface area (Å²) in [5, 5.41) is 18.6. The molecule has 174 valence electrons. The van der Waals surface area contributed by atoms with Crippen molar-refractivity contribution < 1.29 is 4.79 Å². The van der Waals surface area contributed by atoms with E-state index in [0.29, 0.717) is 16.7 Å². The number of thioether (sulfide) groups is 1. The SMILES string of the molecule is CCn1c(SCC(=O)NN=Cc2c(C)nn(-c3ccccc3)c2C)nnc1-c1ccc(Cl)cc1. The molecule has 0 spiro atoms. The van der Waals surface area contributed by atoms with Gasteiger partial charge < -0.3 is 4.57 Å². The third-order valence-corrected chi connectivity index (χ3v) is 6.42. The van der Waals surface area contributed by atoms with Gasteiger partial charge in [0.15, 0.2) is 11.0 Å². The lowest BCUT2D eigenvalue weighted by atomic mass is 10.2. The second kappa shape index (κ2) is 10.7. The number of carbonyl (C=O) groups is 1. The first-order valence-corrected chi connectivity index (χ1v) is 12.1. The van der Waals surface area contributed by atoms with Gasteiger partial charge >= 0.3 is 0 Å². The van der Waals surface area contributed by atoms with E-state index >= 15 is 0 Å². The number of nitrogens with zero attached hydrogens (tertiary/aromatic N) is 6. The Hall–Kier alpha value is -3.43. The Bertz CT molecular complexity index is 1310. The van der Waals surface area contributed by atoms with Crippen molar-refractivity contribution in [1.82, 2.24) is 30.0 Å². The molecular formula is C24H24ClN7OS. The van der Waals surface area contributed by atoms with Gasteiger partial charge in [-0.3, -0.25) is 4.79 Å². The molecule has 8 nitrogen and oxygen atoms in total. The molecule has 0 radical (unpaired) electrons. The zero-order valence-corrected chi connectivity index (χ0v) is 20.6. The summed E-state index contributed by atoms with van der Waals surface area (Å²) in [5.74, 6) is 0.671. The topological polar surface area (TPSA) is 90.0 Å². The Balaban J connectivity index is 1.38. The second-order valence-corrected chi connectivity index (χ2v) is 8.85. The average molecular weight is 494 g/mol. The van der Waals surface area contributed by atoms with Crippen LogP contribution in [0.1, 0.15) is 23.9 Å². The van der Waals surface area contributed by atoms with Gasteiger partial charge in [-0.2, -0.15) is 10.2 Å². The summed E-state index contributed by atoms with van der Waals surface area (Å²) in [6.45, 7) is 6.58. The molecular weight excluding hydrogens is 470 g/mol. The van der Waals surface area contributed by atoms with Crippen LogP contribution in [0, 0.1) is 13.8 Å². The van der Waals surface area contributed by atoms with Crippen LogP contribution in [0.25, 0.3) is 17.1 Å². The predicted molar refractivity (Wildman–Crippen MR) is 136 cm³/mol. The van der Waals surface area contributed by atoms with E-state index in [-0.39, 0.29) is 11.7 Å². The van der Waals surface area contributed by atoms with E-state index in [0.717, 1.165) is 34.0 Å². The zero-order valence-electron chi connectivity index (χ0n) is 19.1. The van der Waals surface area contributed by atoms with Crippen LogP contribution in [-0.4, -0.2) is 42.4 Å². The Labute approximate surface area is 207 Å². The first-order valence-electron chi connectivity index (χ1n) is 10.7. The van der Waals surface area contributed by atoms with Crippen LogP contribution in [0.4, 0.5) is 0 Å². The lowest BCUT2D eigenvalue weighted by molar-refractivity contribution is -0.118. The highest BCUT2D eigenvalue weighted by Gasteiger charge is 2.15. The third-order valence-electron chi connectivity index (χ3n) is 5.20. The number of aromatic nitrogens is 5. The van der Waals surface area contributed by atoms with Crippen molar-refractivity contribution in [3.8, 4) is 17.1 Å². The van der Waals surface area contributed by atoms with Gasteiger partial charge in [0.1, 0.15) is 0 Å². The number of para-hydroxylation sites is 1. The maximum Gasteiger partial charge on any atom is 0.250 e. The van der Waals surface area contributed by atoms with Crippen LogP contribution in [0.5, 0.6) is 0 Å². The molecule has 0 fully saturated rings. The molecule has 0 saturated carbocycles. The number of carbonyl (C=O) groups excluding carboxylic acids is 1. The van der Waals surface area contributed by atoms with Gasteiger partial charge in [-0.05, 0) is 57.2 Å². The monoisotopic (exact) mass is 493 g/mol. The highest BCUT2D eigenvalue weighted by molar-refractivity contribution is 7.99. The number of halogens is 1. The zero-order chi connectivity index (χ0) is 24.1. The van der Waals surface area contributed by atoms with Crippen LogP contribution in [-0.2, 0) is 11.3 Å². The Morgan fingerprint density at radius 2 is 1.85 bits per heavy atom. The van der Waals surface area contributed by atoms with Crippen LogP contribution in [0.15, 0.2) is 64.9 Å². The van der Waals surface area contributed by atoms with E-state index in [1.165, 1.54) is 11.8 Å². The fraction of sp³-hybridized carbons (Fsp3) is 0.208. The quantitative estimate of drug-likeness (QED) is 0.219. The van der Waals surface area contributed by atoms with E-state index in [9.17, 15) is 4.79 Å². The van der Waals surface area contributed by atoms with Crippen LogP contribution >= 0.6 is 23.4 Å². The normalized spacial score (nSPS) is 11.3. The van der Waals surface area contributed by atoms with Gasteiger partial charge in [-0.25, -0.2) is 10.1 Å². The van der Waals surface area contributed by atoms with Gasteiger partial charge in [0.2, 0.25) is 0 Å². The molecule has 0 bridgehead atoms. The number of hydrazone groups is 1. The van der Waals surface area contributed by atoms with Crippen LogP contribution in [0.3, 0.4) is 0 Å². The fourth-order valence-corrected chi connectivity index (χ4v) is 4.41. The number of hydrogen-bond acceptors (Lipinski definition) is 6. The lowest BCUT2D eigenvalue weighted by Gasteiger charge is -2.07. The molecule has 4 aromatic rings. The summed E-state index contributed by atoms with van der Waals surface area (Å²) in [6.07, 6.45) is 1.63. The second-order valence-electron chi connectivity index (χ2n) is 7.47. The first-order chi connectivity index (χ1) is 16.5. The number of rotatable bonds is 8. The Morgan fingerprint density at radius 1 is 1.12 bits per heavy atom. The number of nitrogens with one attached hydrogen (secondary N) is 1. The summed E-state index contributed by atoms with van der Waals surface area (Å²) in [5.41, 5.74) is 7.13. The highest BCUT2D eigenvalue weighted by atomic mass is 35.5. The number of amides is 1. The smallest absolute Gasteiger partial charge is 0.250 e. The van der Waals surface area contributed by atoms with Crippen molar-refractivity contribution in [2.45, 2.75) is 32.5 Å². The van der Waals surface area contributed by atoms with Crippen molar-refractivity contribution in [2.24, 2.45) is 5.10 Å². The molecule has 2 heterocycles. The van der Waals surface area contributed by atoms with Gasteiger partial charge in [-0.15, -0.1) is 10.2 Å². The molecule has 0 atom stereocenters. The maximum atomic E-state index is 12.4. The molecule has 1 amide bonds. The van der Waals surface area contributed by atoms with E-state index in [4.69, 9.17) is 11.6 Å². The Kier molecular flexibility index (Phi) is 7.44.